The van der Waals surface area contributed by atoms with E-state index in [1.165, 1.54) is 0 Å². The second kappa shape index (κ2) is 3.61. The summed E-state index contributed by atoms with van der Waals surface area (Å²) in [6, 6.07) is 0. The minimum absolute atomic E-state index is 0.130. The number of nitrogens with two attached hydrogens (primary N) is 1. The Morgan fingerprint density at radius 1 is 1.57 bits per heavy atom. The van der Waals surface area contributed by atoms with E-state index in [4.69, 9.17) is 5.73 Å². The van der Waals surface area contributed by atoms with Crippen molar-refractivity contribution < 1.29 is 5.11 Å². The molecule has 1 rings (SSSR count). The Morgan fingerprint density at radius 2 is 2.14 bits per heavy atom. The van der Waals surface area contributed by atoms with Gasteiger partial charge in [0.2, 0.25) is 0 Å². The van der Waals surface area contributed by atoms with E-state index in [-0.39, 0.29) is 5.41 Å². The van der Waals surface area contributed by atoms with Crippen LogP contribution in [0.3, 0.4) is 0 Å². The molecule has 0 aliphatic rings. The molecule has 1 aromatic rings. The highest BCUT2D eigenvalue weighted by Gasteiger charge is 2.22. The lowest BCUT2D eigenvalue weighted by Crippen LogP contribution is -2.30. The summed E-state index contributed by atoms with van der Waals surface area (Å²) in [5.74, 6) is 0. The average Bonchev–Trinajstić information content (AvgIpc) is 2.29. The summed E-state index contributed by atoms with van der Waals surface area (Å²) in [6.45, 7) is 8.34. The minimum atomic E-state index is -0.416. The van der Waals surface area contributed by atoms with E-state index in [1.54, 1.807) is 10.9 Å². The molecular weight excluding hydrogens is 178 g/mol. The molecule has 0 spiro atoms. The summed E-state index contributed by atoms with van der Waals surface area (Å²) in [4.78, 5) is 0. The Labute approximate surface area is 84.7 Å². The summed E-state index contributed by atoms with van der Waals surface area (Å²) in [6.07, 6.45) is 1.34. The van der Waals surface area contributed by atoms with Crippen LogP contribution in [0.1, 0.15) is 26.5 Å². The van der Waals surface area contributed by atoms with Crippen molar-refractivity contribution in [1.82, 2.24) is 9.78 Å². The lowest BCUT2D eigenvalue weighted by molar-refractivity contribution is 0.0450. The third-order valence-electron chi connectivity index (χ3n) is 2.34. The highest BCUT2D eigenvalue weighted by molar-refractivity contribution is 5.39. The van der Waals surface area contributed by atoms with E-state index >= 15 is 0 Å². The van der Waals surface area contributed by atoms with Crippen molar-refractivity contribution >= 4 is 5.69 Å². The van der Waals surface area contributed by atoms with Crippen molar-refractivity contribution in [3.63, 3.8) is 0 Å². The fraction of sp³-hybridized carbons (Fsp3) is 0.700. The fourth-order valence-electron chi connectivity index (χ4n) is 1.08. The van der Waals surface area contributed by atoms with Gasteiger partial charge in [0.15, 0.2) is 0 Å². The molecule has 0 saturated heterocycles. The van der Waals surface area contributed by atoms with E-state index in [2.05, 4.69) is 5.10 Å². The van der Waals surface area contributed by atoms with E-state index in [0.29, 0.717) is 12.2 Å². The Balaban J connectivity index is 2.70. The number of aromatic nitrogens is 2. The molecule has 0 bridgehead atoms. The molecule has 1 aromatic heterocycles. The summed E-state index contributed by atoms with van der Waals surface area (Å²) in [5, 5.41) is 14.0. The standard InChI is InChI=1S/C10H19N3O/c1-7-8(11)5-13(12-7)6-9(14)10(2,3)4/h5,9,14H,6,11H2,1-4H3. The van der Waals surface area contributed by atoms with Crippen molar-refractivity contribution in [1.29, 1.82) is 0 Å². The number of rotatable bonds is 2. The molecule has 4 nitrogen and oxygen atoms in total. The number of nitrogens with zero attached hydrogens (tertiary/aromatic N) is 2. The lowest BCUT2D eigenvalue weighted by Gasteiger charge is -2.25. The molecule has 0 amide bonds. The molecule has 0 fully saturated rings. The maximum Gasteiger partial charge on any atom is 0.0822 e. The zero-order valence-electron chi connectivity index (χ0n) is 9.28. The maximum atomic E-state index is 9.84. The zero-order chi connectivity index (χ0) is 10.9. The van der Waals surface area contributed by atoms with Crippen LogP contribution in [0.2, 0.25) is 0 Å². The molecule has 80 valence electrons. The Bertz CT molecular complexity index is 292. The van der Waals surface area contributed by atoms with Crippen molar-refractivity contribution in [2.75, 3.05) is 5.73 Å². The number of hydrogen-bond donors (Lipinski definition) is 2. The van der Waals surface area contributed by atoms with Crippen molar-refractivity contribution in [2.24, 2.45) is 5.41 Å². The van der Waals surface area contributed by atoms with Gasteiger partial charge < -0.3 is 10.8 Å². The van der Waals surface area contributed by atoms with Gasteiger partial charge in [-0.3, -0.25) is 4.68 Å². The van der Waals surface area contributed by atoms with Crippen molar-refractivity contribution in [3.8, 4) is 0 Å². The van der Waals surface area contributed by atoms with Crippen molar-refractivity contribution in [2.45, 2.75) is 40.3 Å². The first-order valence-corrected chi connectivity index (χ1v) is 4.78. The molecular formula is C10H19N3O. The smallest absolute Gasteiger partial charge is 0.0822 e. The number of anilines is 1. The van der Waals surface area contributed by atoms with E-state index in [9.17, 15) is 5.11 Å². The number of aryl methyl sites for hydroxylation is 1. The van der Waals surface area contributed by atoms with Crippen LogP contribution in [-0.2, 0) is 6.54 Å². The van der Waals surface area contributed by atoms with Gasteiger partial charge in [0.25, 0.3) is 0 Å². The Kier molecular flexibility index (Phi) is 2.85. The van der Waals surface area contributed by atoms with Crippen molar-refractivity contribution in [3.05, 3.63) is 11.9 Å². The van der Waals surface area contributed by atoms with Gasteiger partial charge in [-0.15, -0.1) is 0 Å². The zero-order valence-corrected chi connectivity index (χ0v) is 9.28. The number of nitrogen functional groups attached to an aromatic ring is 1. The lowest BCUT2D eigenvalue weighted by atomic mass is 9.89. The maximum absolute atomic E-state index is 9.84. The van der Waals surface area contributed by atoms with Gasteiger partial charge in [-0.1, -0.05) is 20.8 Å². The normalized spacial score (nSPS) is 14.4. The first-order valence-electron chi connectivity index (χ1n) is 4.78. The Hall–Kier alpha value is -1.03. The molecule has 3 N–H and O–H groups in total. The first kappa shape index (κ1) is 11.0. The van der Waals surface area contributed by atoms with Crippen LogP contribution in [0.15, 0.2) is 6.20 Å². The first-order chi connectivity index (χ1) is 6.30. The van der Waals surface area contributed by atoms with Gasteiger partial charge in [0.05, 0.1) is 24.0 Å². The van der Waals surface area contributed by atoms with Crippen LogP contribution in [-0.4, -0.2) is 21.0 Å². The highest BCUT2D eigenvalue weighted by atomic mass is 16.3. The molecule has 0 aliphatic carbocycles. The number of aliphatic hydroxyl groups is 1. The predicted molar refractivity (Wildman–Crippen MR) is 56.8 cm³/mol. The van der Waals surface area contributed by atoms with Gasteiger partial charge >= 0.3 is 0 Å². The van der Waals surface area contributed by atoms with Crippen LogP contribution in [0.4, 0.5) is 5.69 Å². The van der Waals surface area contributed by atoms with Crippen LogP contribution in [0.25, 0.3) is 0 Å². The second-order valence-corrected chi connectivity index (χ2v) is 4.77. The number of hydrogen-bond acceptors (Lipinski definition) is 3. The summed E-state index contributed by atoms with van der Waals surface area (Å²) in [5.41, 5.74) is 7.01. The topological polar surface area (TPSA) is 64.1 Å². The van der Waals surface area contributed by atoms with Crippen LogP contribution in [0.5, 0.6) is 0 Å². The highest BCUT2D eigenvalue weighted by Crippen LogP contribution is 2.20. The van der Waals surface area contributed by atoms with Gasteiger partial charge in [0.1, 0.15) is 0 Å². The molecule has 0 aromatic carbocycles. The van der Waals surface area contributed by atoms with Crippen LogP contribution >= 0.6 is 0 Å². The molecule has 14 heavy (non-hydrogen) atoms. The third kappa shape index (κ3) is 2.48. The monoisotopic (exact) mass is 197 g/mol. The van der Waals surface area contributed by atoms with E-state index in [0.717, 1.165) is 5.69 Å². The molecule has 1 heterocycles. The van der Waals surface area contributed by atoms with Gasteiger partial charge in [0, 0.05) is 6.20 Å². The molecule has 0 radical (unpaired) electrons. The van der Waals surface area contributed by atoms with Gasteiger partial charge in [-0.25, -0.2) is 0 Å². The number of aliphatic hydroxyl groups excluding tert-OH is 1. The largest absolute Gasteiger partial charge is 0.396 e. The van der Waals surface area contributed by atoms with Crippen LogP contribution < -0.4 is 5.73 Å². The van der Waals surface area contributed by atoms with E-state index < -0.39 is 6.10 Å². The summed E-state index contributed by atoms with van der Waals surface area (Å²) < 4.78 is 1.70. The van der Waals surface area contributed by atoms with Gasteiger partial charge in [-0.05, 0) is 12.3 Å². The fourth-order valence-corrected chi connectivity index (χ4v) is 1.08. The van der Waals surface area contributed by atoms with Gasteiger partial charge in [-0.2, -0.15) is 5.10 Å². The minimum Gasteiger partial charge on any atom is -0.396 e. The molecule has 1 unspecified atom stereocenters. The average molecular weight is 197 g/mol. The SMILES string of the molecule is Cc1nn(CC(O)C(C)(C)C)cc1N. The van der Waals surface area contributed by atoms with Crippen LogP contribution in [0, 0.1) is 12.3 Å². The summed E-state index contributed by atoms with van der Waals surface area (Å²) >= 11 is 0. The molecule has 1 atom stereocenters. The second-order valence-electron chi connectivity index (χ2n) is 4.77. The summed E-state index contributed by atoms with van der Waals surface area (Å²) in [7, 11) is 0. The molecule has 0 aliphatic heterocycles. The molecule has 0 saturated carbocycles. The third-order valence-corrected chi connectivity index (χ3v) is 2.34. The Morgan fingerprint density at radius 3 is 2.50 bits per heavy atom. The van der Waals surface area contributed by atoms with E-state index in [1.807, 2.05) is 27.7 Å². The molecule has 4 heteroatoms. The predicted octanol–water partition coefficient (Wildman–Crippen LogP) is 1.18. The quantitative estimate of drug-likeness (QED) is 0.748.